The molecule has 7 nitrogen and oxygen atoms in total. The molecule has 0 radical (unpaired) electrons. The fourth-order valence-electron chi connectivity index (χ4n) is 1.68. The Balaban J connectivity index is 2.12. The van der Waals surface area contributed by atoms with Crippen molar-refractivity contribution in [2.75, 3.05) is 24.9 Å². The van der Waals surface area contributed by atoms with E-state index in [9.17, 15) is 4.79 Å². The lowest BCUT2D eigenvalue weighted by Crippen LogP contribution is -2.21. The van der Waals surface area contributed by atoms with Crippen molar-refractivity contribution in [1.82, 2.24) is 9.78 Å². The molecule has 1 aromatic carbocycles. The van der Waals surface area contributed by atoms with E-state index in [1.807, 2.05) is 0 Å². The SMILES string of the molecule is COc1ccc(OC)c(NC(=O)Nc2ccnn2C)c1. The van der Waals surface area contributed by atoms with Crippen LogP contribution in [-0.4, -0.2) is 30.0 Å². The summed E-state index contributed by atoms with van der Waals surface area (Å²) in [5.74, 6) is 1.76. The van der Waals surface area contributed by atoms with Gasteiger partial charge in [0.2, 0.25) is 0 Å². The van der Waals surface area contributed by atoms with Crippen LogP contribution in [-0.2, 0) is 7.05 Å². The van der Waals surface area contributed by atoms with E-state index in [2.05, 4.69) is 15.7 Å². The normalized spacial score (nSPS) is 9.95. The first kappa shape index (κ1) is 13.7. The zero-order valence-corrected chi connectivity index (χ0v) is 11.5. The molecule has 0 aliphatic carbocycles. The molecule has 2 aromatic rings. The first-order valence-corrected chi connectivity index (χ1v) is 5.92. The number of nitrogens with one attached hydrogen (secondary N) is 2. The number of methoxy groups -OCH3 is 2. The minimum atomic E-state index is -0.389. The number of amides is 2. The first-order valence-electron chi connectivity index (χ1n) is 5.92. The van der Waals surface area contributed by atoms with Gasteiger partial charge in [0, 0.05) is 19.2 Å². The molecule has 0 fully saturated rings. The predicted molar refractivity (Wildman–Crippen MR) is 75.4 cm³/mol. The third-order valence-electron chi connectivity index (χ3n) is 2.72. The number of aryl methyl sites for hydroxylation is 1. The molecule has 0 aliphatic heterocycles. The van der Waals surface area contributed by atoms with Gasteiger partial charge >= 0.3 is 6.03 Å². The van der Waals surface area contributed by atoms with Crippen LogP contribution in [0.5, 0.6) is 11.5 Å². The van der Waals surface area contributed by atoms with Crippen LogP contribution in [0.2, 0.25) is 0 Å². The maximum absolute atomic E-state index is 11.9. The number of carbonyl (C=O) groups excluding carboxylic acids is 1. The van der Waals surface area contributed by atoms with Crippen LogP contribution in [0, 0.1) is 0 Å². The molecular formula is C13H16N4O3. The number of ether oxygens (including phenoxy) is 2. The molecular weight excluding hydrogens is 260 g/mol. The number of rotatable bonds is 4. The topological polar surface area (TPSA) is 77.4 Å². The Kier molecular flexibility index (Phi) is 4.09. The Morgan fingerprint density at radius 3 is 2.60 bits per heavy atom. The van der Waals surface area contributed by atoms with Crippen molar-refractivity contribution in [3.8, 4) is 11.5 Å². The van der Waals surface area contributed by atoms with Crippen LogP contribution >= 0.6 is 0 Å². The summed E-state index contributed by atoms with van der Waals surface area (Å²) < 4.78 is 11.9. The van der Waals surface area contributed by atoms with E-state index in [0.717, 1.165) is 0 Å². The standard InChI is InChI=1S/C13H16N4O3/c1-17-12(6-7-14-17)16-13(18)15-10-8-9(19-2)4-5-11(10)20-3/h4-8H,1-3H3,(H2,15,16,18). The van der Waals surface area contributed by atoms with Crippen molar-refractivity contribution >= 4 is 17.5 Å². The summed E-state index contributed by atoms with van der Waals surface area (Å²) in [6, 6.07) is 6.46. The highest BCUT2D eigenvalue weighted by atomic mass is 16.5. The lowest BCUT2D eigenvalue weighted by atomic mass is 10.2. The van der Waals surface area contributed by atoms with Gasteiger partial charge < -0.3 is 14.8 Å². The van der Waals surface area contributed by atoms with Crippen LogP contribution in [0.4, 0.5) is 16.3 Å². The van der Waals surface area contributed by atoms with Gasteiger partial charge in [-0.3, -0.25) is 10.00 Å². The Morgan fingerprint density at radius 2 is 2.00 bits per heavy atom. The van der Waals surface area contributed by atoms with Gasteiger partial charge in [0.05, 0.1) is 26.1 Å². The van der Waals surface area contributed by atoms with Crippen LogP contribution in [0.1, 0.15) is 0 Å². The molecule has 0 spiro atoms. The minimum absolute atomic E-state index is 0.389. The van der Waals surface area contributed by atoms with Crippen LogP contribution < -0.4 is 20.1 Å². The molecule has 1 heterocycles. The highest BCUT2D eigenvalue weighted by molar-refractivity contribution is 6.00. The third kappa shape index (κ3) is 3.00. The van der Waals surface area contributed by atoms with Gasteiger partial charge in [-0.1, -0.05) is 0 Å². The maximum atomic E-state index is 11.9. The zero-order chi connectivity index (χ0) is 14.5. The molecule has 7 heteroatoms. The molecule has 106 valence electrons. The van der Waals surface area contributed by atoms with Crippen LogP contribution in [0.15, 0.2) is 30.5 Å². The van der Waals surface area contributed by atoms with Crippen molar-refractivity contribution in [2.24, 2.45) is 7.05 Å². The molecule has 2 N–H and O–H groups in total. The van der Waals surface area contributed by atoms with Crippen molar-refractivity contribution in [3.63, 3.8) is 0 Å². The summed E-state index contributed by atoms with van der Waals surface area (Å²) in [6.07, 6.45) is 1.60. The lowest BCUT2D eigenvalue weighted by molar-refractivity contribution is 0.262. The average molecular weight is 276 g/mol. The lowest BCUT2D eigenvalue weighted by Gasteiger charge is -2.12. The number of aromatic nitrogens is 2. The summed E-state index contributed by atoms with van der Waals surface area (Å²) in [7, 11) is 4.83. The van der Waals surface area contributed by atoms with E-state index in [1.165, 1.54) is 7.11 Å². The van der Waals surface area contributed by atoms with Gasteiger partial charge in [0.15, 0.2) is 0 Å². The van der Waals surface area contributed by atoms with E-state index in [0.29, 0.717) is 23.0 Å². The minimum Gasteiger partial charge on any atom is -0.497 e. The molecule has 0 atom stereocenters. The van der Waals surface area contributed by atoms with Gasteiger partial charge in [0.25, 0.3) is 0 Å². The fourth-order valence-corrected chi connectivity index (χ4v) is 1.68. The number of hydrogen-bond donors (Lipinski definition) is 2. The molecule has 2 rings (SSSR count). The average Bonchev–Trinajstić information content (AvgIpc) is 2.84. The van der Waals surface area contributed by atoms with Crippen LogP contribution in [0.3, 0.4) is 0 Å². The van der Waals surface area contributed by atoms with E-state index in [4.69, 9.17) is 9.47 Å². The Morgan fingerprint density at radius 1 is 1.20 bits per heavy atom. The second kappa shape index (κ2) is 5.96. The summed E-state index contributed by atoms with van der Waals surface area (Å²) in [6.45, 7) is 0. The van der Waals surface area contributed by atoms with Crippen LogP contribution in [0.25, 0.3) is 0 Å². The molecule has 0 saturated carbocycles. The zero-order valence-electron chi connectivity index (χ0n) is 11.5. The summed E-state index contributed by atoms with van der Waals surface area (Å²) >= 11 is 0. The van der Waals surface area contributed by atoms with Gasteiger partial charge in [-0.2, -0.15) is 5.10 Å². The Bertz CT molecular complexity index is 609. The van der Waals surface area contributed by atoms with E-state index in [1.54, 1.807) is 49.3 Å². The number of urea groups is 1. The molecule has 1 aromatic heterocycles. The van der Waals surface area contributed by atoms with E-state index < -0.39 is 0 Å². The second-order valence-electron chi connectivity index (χ2n) is 3.99. The van der Waals surface area contributed by atoms with Gasteiger partial charge in [-0.25, -0.2) is 4.79 Å². The highest BCUT2D eigenvalue weighted by Gasteiger charge is 2.10. The smallest absolute Gasteiger partial charge is 0.324 e. The van der Waals surface area contributed by atoms with Crippen molar-refractivity contribution < 1.29 is 14.3 Å². The van der Waals surface area contributed by atoms with Crippen molar-refractivity contribution in [2.45, 2.75) is 0 Å². The summed E-state index contributed by atoms with van der Waals surface area (Å²) in [5.41, 5.74) is 0.520. The van der Waals surface area contributed by atoms with Crippen molar-refractivity contribution in [1.29, 1.82) is 0 Å². The summed E-state index contributed by atoms with van der Waals surface area (Å²) in [5, 5.41) is 9.35. The molecule has 0 unspecified atom stereocenters. The third-order valence-corrected chi connectivity index (χ3v) is 2.72. The molecule has 0 saturated heterocycles. The molecule has 0 bridgehead atoms. The quantitative estimate of drug-likeness (QED) is 0.896. The Hall–Kier alpha value is -2.70. The van der Waals surface area contributed by atoms with E-state index >= 15 is 0 Å². The number of anilines is 2. The number of benzene rings is 1. The molecule has 2 amide bonds. The summed E-state index contributed by atoms with van der Waals surface area (Å²) in [4.78, 5) is 11.9. The van der Waals surface area contributed by atoms with E-state index in [-0.39, 0.29) is 6.03 Å². The van der Waals surface area contributed by atoms with Gasteiger partial charge in [-0.15, -0.1) is 0 Å². The predicted octanol–water partition coefficient (Wildman–Crippen LogP) is 2.08. The maximum Gasteiger partial charge on any atom is 0.324 e. The fraction of sp³-hybridized carbons (Fsp3) is 0.231. The monoisotopic (exact) mass is 276 g/mol. The molecule has 20 heavy (non-hydrogen) atoms. The van der Waals surface area contributed by atoms with Gasteiger partial charge in [-0.05, 0) is 12.1 Å². The largest absolute Gasteiger partial charge is 0.497 e. The number of hydrogen-bond acceptors (Lipinski definition) is 4. The molecule has 0 aliphatic rings. The first-order chi connectivity index (χ1) is 9.63. The number of nitrogens with zero attached hydrogens (tertiary/aromatic N) is 2. The van der Waals surface area contributed by atoms with Crippen molar-refractivity contribution in [3.05, 3.63) is 30.5 Å². The Labute approximate surface area is 116 Å². The van der Waals surface area contributed by atoms with Gasteiger partial charge in [0.1, 0.15) is 17.3 Å². The second-order valence-corrected chi connectivity index (χ2v) is 3.99. The number of carbonyl (C=O) groups is 1. The highest BCUT2D eigenvalue weighted by Crippen LogP contribution is 2.28.